The van der Waals surface area contributed by atoms with Crippen molar-refractivity contribution in [3.05, 3.63) is 24.3 Å². The van der Waals surface area contributed by atoms with Gasteiger partial charge in [-0.3, -0.25) is 0 Å². The monoisotopic (exact) mass is 292 g/mol. The number of alkyl halides is 1. The predicted octanol–water partition coefficient (Wildman–Crippen LogP) is 4.89. The summed E-state index contributed by atoms with van der Waals surface area (Å²) >= 11 is 2.40. The van der Waals surface area contributed by atoms with E-state index >= 15 is 0 Å². The molecule has 0 amide bonds. The Balaban J connectivity index is 3.11. The lowest BCUT2D eigenvalue weighted by molar-refractivity contribution is 0.728. The molecule has 1 heteroatoms. The number of allylic oxidation sites excluding steroid dienone is 4. The lowest BCUT2D eigenvalue weighted by Gasteiger charge is -1.90. The highest BCUT2D eigenvalue weighted by molar-refractivity contribution is 14.1. The fourth-order valence-corrected chi connectivity index (χ4v) is 1.44. The van der Waals surface area contributed by atoms with Crippen LogP contribution in [0.25, 0.3) is 0 Å². The normalized spacial score (nSPS) is 11.8. The molecule has 13 heavy (non-hydrogen) atoms. The van der Waals surface area contributed by atoms with Crippen molar-refractivity contribution in [2.75, 3.05) is 4.43 Å². The van der Waals surface area contributed by atoms with Crippen molar-refractivity contribution in [1.82, 2.24) is 0 Å². The van der Waals surface area contributed by atoms with E-state index in [4.69, 9.17) is 0 Å². The molecule has 0 aromatic carbocycles. The van der Waals surface area contributed by atoms with E-state index in [1.807, 2.05) is 0 Å². The van der Waals surface area contributed by atoms with Crippen LogP contribution < -0.4 is 0 Å². The van der Waals surface area contributed by atoms with E-state index in [1.165, 1.54) is 36.5 Å². The van der Waals surface area contributed by atoms with Gasteiger partial charge in [-0.1, -0.05) is 66.7 Å². The Kier molecular flexibility index (Phi) is 12.4. The third-order valence-electron chi connectivity index (χ3n) is 1.86. The molecular formula is C12H21I. The van der Waals surface area contributed by atoms with E-state index in [9.17, 15) is 0 Å². The van der Waals surface area contributed by atoms with Crippen LogP contribution in [-0.4, -0.2) is 4.43 Å². The Morgan fingerprint density at radius 3 is 2.23 bits per heavy atom. The predicted molar refractivity (Wildman–Crippen MR) is 70.5 cm³/mol. The maximum absolute atomic E-state index is 2.40. The molecule has 0 saturated heterocycles. The first-order valence-corrected chi connectivity index (χ1v) is 6.80. The molecule has 0 aliphatic carbocycles. The minimum Gasteiger partial charge on any atom is -0.0882 e. The number of unbranched alkanes of at least 4 members (excludes halogenated alkanes) is 3. The number of hydrogen-bond acceptors (Lipinski definition) is 0. The van der Waals surface area contributed by atoms with Gasteiger partial charge in [0.05, 0.1) is 0 Å². The Morgan fingerprint density at radius 1 is 0.923 bits per heavy atom. The Morgan fingerprint density at radius 2 is 1.62 bits per heavy atom. The average molecular weight is 292 g/mol. The molecule has 76 valence electrons. The van der Waals surface area contributed by atoms with Gasteiger partial charge in [-0.25, -0.2) is 0 Å². The minimum absolute atomic E-state index is 1.11. The van der Waals surface area contributed by atoms with Gasteiger partial charge in [-0.05, 0) is 25.7 Å². The Labute approximate surface area is 96.6 Å². The molecule has 0 aromatic heterocycles. The number of rotatable bonds is 8. The first-order valence-electron chi connectivity index (χ1n) is 5.27. The molecule has 0 N–H and O–H groups in total. The first-order chi connectivity index (χ1) is 6.41. The second-order valence-corrected chi connectivity index (χ2v) is 4.23. The third kappa shape index (κ3) is 12.2. The molecule has 0 radical (unpaired) electrons. The molecule has 0 spiro atoms. The molecule has 0 fully saturated rings. The van der Waals surface area contributed by atoms with E-state index in [0.717, 1.165) is 6.42 Å². The molecule has 0 atom stereocenters. The second-order valence-electron chi connectivity index (χ2n) is 3.15. The molecule has 0 aliphatic rings. The fraction of sp³-hybridized carbons (Fsp3) is 0.667. The van der Waals surface area contributed by atoms with E-state index in [0.29, 0.717) is 0 Å². The highest BCUT2D eigenvalue weighted by Gasteiger charge is 1.80. The maximum Gasteiger partial charge on any atom is 0.00299 e. The van der Waals surface area contributed by atoms with Crippen molar-refractivity contribution in [3.8, 4) is 0 Å². The summed E-state index contributed by atoms with van der Waals surface area (Å²) in [5.41, 5.74) is 0. The minimum atomic E-state index is 1.11. The van der Waals surface area contributed by atoms with Gasteiger partial charge in [0.2, 0.25) is 0 Å². The van der Waals surface area contributed by atoms with Crippen molar-refractivity contribution in [2.45, 2.75) is 45.4 Å². The van der Waals surface area contributed by atoms with Crippen molar-refractivity contribution in [1.29, 1.82) is 0 Å². The summed E-state index contributed by atoms with van der Waals surface area (Å²) in [6, 6.07) is 0. The highest BCUT2D eigenvalue weighted by Crippen LogP contribution is 2.00. The maximum atomic E-state index is 2.40. The Bertz CT molecular complexity index is 136. The van der Waals surface area contributed by atoms with Crippen LogP contribution in [0.4, 0.5) is 0 Å². The van der Waals surface area contributed by atoms with E-state index in [2.05, 4.69) is 53.8 Å². The van der Waals surface area contributed by atoms with Gasteiger partial charge >= 0.3 is 0 Å². The smallest absolute Gasteiger partial charge is 0.00299 e. The summed E-state index contributed by atoms with van der Waals surface area (Å²) < 4.78 is 1.23. The molecule has 0 aliphatic heterocycles. The van der Waals surface area contributed by atoms with Crippen LogP contribution in [-0.2, 0) is 0 Å². The van der Waals surface area contributed by atoms with Gasteiger partial charge in [0.15, 0.2) is 0 Å². The van der Waals surface area contributed by atoms with Crippen LogP contribution >= 0.6 is 22.6 Å². The largest absolute Gasteiger partial charge is 0.0882 e. The fourth-order valence-electron chi connectivity index (χ4n) is 1.08. The zero-order valence-electron chi connectivity index (χ0n) is 8.64. The molecule has 0 rings (SSSR count). The molecular weight excluding hydrogens is 271 g/mol. The van der Waals surface area contributed by atoms with E-state index in [-0.39, 0.29) is 0 Å². The van der Waals surface area contributed by atoms with Gasteiger partial charge in [0.1, 0.15) is 0 Å². The van der Waals surface area contributed by atoms with Crippen LogP contribution in [0.2, 0.25) is 0 Å². The molecule has 0 saturated carbocycles. The van der Waals surface area contributed by atoms with Gasteiger partial charge in [-0.2, -0.15) is 0 Å². The summed E-state index contributed by atoms with van der Waals surface area (Å²) in [4.78, 5) is 0. The average Bonchev–Trinajstić information content (AvgIpc) is 2.16. The highest BCUT2D eigenvalue weighted by atomic mass is 127. The summed E-state index contributed by atoms with van der Waals surface area (Å²) in [5.74, 6) is 0. The van der Waals surface area contributed by atoms with Gasteiger partial charge in [-0.15, -0.1) is 0 Å². The quantitative estimate of drug-likeness (QED) is 0.258. The van der Waals surface area contributed by atoms with Crippen molar-refractivity contribution in [3.63, 3.8) is 0 Å². The van der Waals surface area contributed by atoms with E-state index in [1.54, 1.807) is 0 Å². The van der Waals surface area contributed by atoms with Gasteiger partial charge in [0, 0.05) is 4.43 Å². The van der Waals surface area contributed by atoms with Crippen LogP contribution in [0.1, 0.15) is 45.4 Å². The summed E-state index contributed by atoms with van der Waals surface area (Å²) in [7, 11) is 0. The Hall–Kier alpha value is 0.210. The van der Waals surface area contributed by atoms with E-state index < -0.39 is 0 Å². The molecule has 0 heterocycles. The summed E-state index contributed by atoms with van der Waals surface area (Å²) in [6.45, 7) is 2.25. The lowest BCUT2D eigenvalue weighted by atomic mass is 10.2. The van der Waals surface area contributed by atoms with Crippen LogP contribution in [0.5, 0.6) is 0 Å². The van der Waals surface area contributed by atoms with Crippen molar-refractivity contribution in [2.24, 2.45) is 0 Å². The number of halogens is 1. The zero-order chi connectivity index (χ0) is 9.78. The SMILES string of the molecule is CCCCC/C=C/C/C=C/CCI. The lowest BCUT2D eigenvalue weighted by Crippen LogP contribution is -1.70. The first kappa shape index (κ1) is 13.2. The third-order valence-corrected chi connectivity index (χ3v) is 2.48. The standard InChI is InChI=1S/C12H21I/c1-2-3-4-5-6-7-8-9-10-11-12-13/h6-7,9-10H,2-5,8,11-12H2,1H3/b7-6+,10-9+. The van der Waals surface area contributed by atoms with Crippen molar-refractivity contribution >= 4 is 22.6 Å². The molecule has 0 aromatic rings. The number of hydrogen-bond donors (Lipinski definition) is 0. The molecule has 0 unspecified atom stereocenters. The zero-order valence-corrected chi connectivity index (χ0v) is 10.8. The van der Waals surface area contributed by atoms with Crippen molar-refractivity contribution < 1.29 is 0 Å². The molecule has 0 bridgehead atoms. The summed E-state index contributed by atoms with van der Waals surface area (Å²) in [5, 5.41) is 0. The van der Waals surface area contributed by atoms with Gasteiger partial charge in [0.25, 0.3) is 0 Å². The van der Waals surface area contributed by atoms with Crippen LogP contribution in [0.3, 0.4) is 0 Å². The second kappa shape index (κ2) is 12.2. The van der Waals surface area contributed by atoms with Crippen LogP contribution in [0.15, 0.2) is 24.3 Å². The molecule has 0 nitrogen and oxygen atoms in total. The topological polar surface area (TPSA) is 0 Å². The van der Waals surface area contributed by atoms with Gasteiger partial charge < -0.3 is 0 Å². The van der Waals surface area contributed by atoms with Crippen LogP contribution in [0, 0.1) is 0 Å². The summed E-state index contributed by atoms with van der Waals surface area (Å²) in [6.07, 6.45) is 16.7.